The Labute approximate surface area is 126 Å². The van der Waals surface area contributed by atoms with Gasteiger partial charge in [0.25, 0.3) is 0 Å². The van der Waals surface area contributed by atoms with Gasteiger partial charge in [-0.25, -0.2) is 14.2 Å². The van der Waals surface area contributed by atoms with Gasteiger partial charge in [0.2, 0.25) is 0 Å². The van der Waals surface area contributed by atoms with Crippen molar-refractivity contribution in [3.63, 3.8) is 0 Å². The molecule has 0 aliphatic rings. The Kier molecular flexibility index (Phi) is 3.47. The lowest BCUT2D eigenvalue weighted by Crippen LogP contribution is -1.91. The first-order chi connectivity index (χ1) is 10.6. The second kappa shape index (κ2) is 5.44. The van der Waals surface area contributed by atoms with Crippen molar-refractivity contribution in [3.05, 3.63) is 65.7 Å². The number of fused-ring (bicyclic) bond motifs is 1. The van der Waals surface area contributed by atoms with E-state index < -0.39 is 5.97 Å². The minimum atomic E-state index is -1.03. The average molecular weight is 296 g/mol. The van der Waals surface area contributed by atoms with Gasteiger partial charge in [-0.1, -0.05) is 6.07 Å². The van der Waals surface area contributed by atoms with Crippen molar-refractivity contribution in [1.82, 2.24) is 9.38 Å². The summed E-state index contributed by atoms with van der Waals surface area (Å²) in [4.78, 5) is 15.4. The minimum Gasteiger partial charge on any atom is -0.478 e. The number of hydrogen-bond donors (Lipinski definition) is 1. The van der Waals surface area contributed by atoms with Crippen molar-refractivity contribution in [2.45, 2.75) is 6.92 Å². The number of pyridine rings is 1. The monoisotopic (exact) mass is 296 g/mol. The van der Waals surface area contributed by atoms with Crippen LogP contribution in [0.4, 0.5) is 4.39 Å². The van der Waals surface area contributed by atoms with Crippen LogP contribution < -0.4 is 0 Å². The van der Waals surface area contributed by atoms with Crippen molar-refractivity contribution in [1.29, 1.82) is 0 Å². The van der Waals surface area contributed by atoms with Crippen LogP contribution in [0.2, 0.25) is 0 Å². The number of nitrogens with zero attached hydrogens (tertiary/aromatic N) is 2. The van der Waals surface area contributed by atoms with E-state index in [0.29, 0.717) is 11.4 Å². The van der Waals surface area contributed by atoms with E-state index in [1.165, 1.54) is 18.2 Å². The summed E-state index contributed by atoms with van der Waals surface area (Å²) in [5.74, 6) is -1.36. The Balaban J connectivity index is 2.28. The summed E-state index contributed by atoms with van der Waals surface area (Å²) in [5, 5.41) is 8.87. The topological polar surface area (TPSA) is 54.6 Å². The predicted molar refractivity (Wildman–Crippen MR) is 82.0 cm³/mol. The first kappa shape index (κ1) is 14.0. The third-order valence-corrected chi connectivity index (χ3v) is 3.38. The fourth-order valence-corrected chi connectivity index (χ4v) is 2.35. The van der Waals surface area contributed by atoms with Gasteiger partial charge in [-0.05, 0) is 48.9 Å². The Hall–Kier alpha value is -2.95. The predicted octanol–water partition coefficient (Wildman–Crippen LogP) is 3.55. The Morgan fingerprint density at radius 1 is 1.27 bits per heavy atom. The van der Waals surface area contributed by atoms with Gasteiger partial charge < -0.3 is 5.11 Å². The molecule has 4 nitrogen and oxygen atoms in total. The molecule has 110 valence electrons. The molecule has 0 amide bonds. The first-order valence-electron chi connectivity index (χ1n) is 6.71. The lowest BCUT2D eigenvalue weighted by atomic mass is 10.1. The fraction of sp³-hybridized carbons (Fsp3) is 0.0588. The minimum absolute atomic E-state index is 0.327. The van der Waals surface area contributed by atoms with Crippen molar-refractivity contribution in [2.75, 3.05) is 0 Å². The Bertz CT molecular complexity index is 880. The van der Waals surface area contributed by atoms with Crippen LogP contribution in [-0.4, -0.2) is 20.5 Å². The van der Waals surface area contributed by atoms with Gasteiger partial charge in [0.15, 0.2) is 0 Å². The number of carboxylic acids is 1. The molecule has 22 heavy (non-hydrogen) atoms. The van der Waals surface area contributed by atoms with E-state index in [1.54, 1.807) is 12.1 Å². The molecular weight excluding hydrogens is 283 g/mol. The van der Waals surface area contributed by atoms with Crippen molar-refractivity contribution >= 4 is 17.7 Å². The Morgan fingerprint density at radius 3 is 2.68 bits per heavy atom. The van der Waals surface area contributed by atoms with Gasteiger partial charge in [-0.2, -0.15) is 0 Å². The standard InChI is InChI=1S/C17H13FN2O2/c1-11-3-2-10-20-14(8-9-15(21)22)16(19-17(11)20)12-4-6-13(18)7-5-12/h2-10H,1H3,(H,21,22). The third kappa shape index (κ3) is 2.48. The molecule has 0 bridgehead atoms. The molecule has 0 unspecified atom stereocenters. The number of rotatable bonds is 3. The zero-order chi connectivity index (χ0) is 15.7. The van der Waals surface area contributed by atoms with Gasteiger partial charge in [-0.3, -0.25) is 4.40 Å². The molecule has 0 radical (unpaired) electrons. The second-order valence-electron chi connectivity index (χ2n) is 4.91. The van der Waals surface area contributed by atoms with Crippen LogP contribution in [0.1, 0.15) is 11.3 Å². The molecule has 5 heteroatoms. The normalized spacial score (nSPS) is 11.4. The molecule has 0 saturated heterocycles. The average Bonchev–Trinajstić information content (AvgIpc) is 2.86. The van der Waals surface area contributed by atoms with Gasteiger partial charge in [0.05, 0.1) is 11.4 Å². The van der Waals surface area contributed by atoms with Crippen molar-refractivity contribution < 1.29 is 14.3 Å². The Morgan fingerprint density at radius 2 is 2.00 bits per heavy atom. The number of hydrogen-bond acceptors (Lipinski definition) is 2. The highest BCUT2D eigenvalue weighted by Crippen LogP contribution is 2.27. The van der Waals surface area contributed by atoms with Crippen LogP contribution >= 0.6 is 0 Å². The molecule has 3 rings (SSSR count). The van der Waals surface area contributed by atoms with Gasteiger partial charge in [0.1, 0.15) is 11.5 Å². The number of benzene rings is 1. The van der Waals surface area contributed by atoms with Gasteiger partial charge in [-0.15, -0.1) is 0 Å². The summed E-state index contributed by atoms with van der Waals surface area (Å²) in [6.45, 7) is 1.93. The zero-order valence-corrected chi connectivity index (χ0v) is 11.8. The van der Waals surface area contributed by atoms with Gasteiger partial charge in [0, 0.05) is 17.8 Å². The summed E-state index contributed by atoms with van der Waals surface area (Å²) in [5.41, 5.74) is 3.71. The van der Waals surface area contributed by atoms with Crippen molar-refractivity contribution in [3.8, 4) is 11.3 Å². The van der Waals surface area contributed by atoms with E-state index in [2.05, 4.69) is 4.98 Å². The van der Waals surface area contributed by atoms with Crippen LogP contribution in [0, 0.1) is 12.7 Å². The molecule has 2 heterocycles. The second-order valence-corrected chi connectivity index (χ2v) is 4.91. The van der Waals surface area contributed by atoms with Crippen LogP contribution in [-0.2, 0) is 4.79 Å². The molecule has 0 aliphatic carbocycles. The van der Waals surface area contributed by atoms with E-state index in [9.17, 15) is 9.18 Å². The first-order valence-corrected chi connectivity index (χ1v) is 6.71. The smallest absolute Gasteiger partial charge is 0.328 e. The van der Waals surface area contributed by atoms with E-state index in [-0.39, 0.29) is 5.82 Å². The number of carbonyl (C=O) groups is 1. The molecule has 0 atom stereocenters. The number of carboxylic acid groups (broad SMARTS) is 1. The maximum Gasteiger partial charge on any atom is 0.328 e. The van der Waals surface area contributed by atoms with Crippen molar-refractivity contribution in [2.24, 2.45) is 0 Å². The van der Waals surface area contributed by atoms with Crippen LogP contribution in [0.15, 0.2) is 48.7 Å². The van der Waals surface area contributed by atoms with E-state index in [0.717, 1.165) is 22.9 Å². The summed E-state index contributed by atoms with van der Waals surface area (Å²) in [6, 6.07) is 9.78. The molecule has 0 fully saturated rings. The summed E-state index contributed by atoms with van der Waals surface area (Å²) < 4.78 is 14.9. The zero-order valence-electron chi connectivity index (χ0n) is 11.8. The maximum absolute atomic E-state index is 13.1. The lowest BCUT2D eigenvalue weighted by molar-refractivity contribution is -0.131. The largest absolute Gasteiger partial charge is 0.478 e. The molecule has 3 aromatic rings. The number of imidazole rings is 1. The van der Waals surface area contributed by atoms with E-state index in [1.807, 2.05) is 29.7 Å². The maximum atomic E-state index is 13.1. The van der Waals surface area contributed by atoms with Crippen LogP contribution in [0.3, 0.4) is 0 Å². The molecule has 1 N–H and O–H groups in total. The molecule has 0 saturated carbocycles. The highest BCUT2D eigenvalue weighted by Gasteiger charge is 2.13. The number of aliphatic carboxylic acids is 1. The highest BCUT2D eigenvalue weighted by atomic mass is 19.1. The fourth-order valence-electron chi connectivity index (χ4n) is 2.35. The molecular formula is C17H13FN2O2. The summed E-state index contributed by atoms with van der Waals surface area (Å²) in [6.07, 6.45) is 4.39. The molecule has 0 aliphatic heterocycles. The summed E-state index contributed by atoms with van der Waals surface area (Å²) in [7, 11) is 0. The number of aromatic nitrogens is 2. The van der Waals surface area contributed by atoms with E-state index >= 15 is 0 Å². The SMILES string of the molecule is Cc1cccn2c(C=CC(=O)O)c(-c3ccc(F)cc3)nc12. The molecule has 0 spiro atoms. The van der Waals surface area contributed by atoms with Crippen LogP contribution in [0.25, 0.3) is 23.0 Å². The third-order valence-electron chi connectivity index (χ3n) is 3.38. The van der Waals surface area contributed by atoms with Gasteiger partial charge >= 0.3 is 5.97 Å². The summed E-state index contributed by atoms with van der Waals surface area (Å²) >= 11 is 0. The highest BCUT2D eigenvalue weighted by molar-refractivity contribution is 5.87. The number of halogens is 1. The van der Waals surface area contributed by atoms with Crippen LogP contribution in [0.5, 0.6) is 0 Å². The molecule has 2 aromatic heterocycles. The molecule has 1 aromatic carbocycles. The number of aryl methyl sites for hydroxylation is 1. The van der Waals surface area contributed by atoms with E-state index in [4.69, 9.17) is 5.11 Å². The quantitative estimate of drug-likeness (QED) is 0.752. The lowest BCUT2D eigenvalue weighted by Gasteiger charge is -2.01.